The Morgan fingerprint density at radius 3 is 2.86 bits per heavy atom. The summed E-state index contributed by atoms with van der Waals surface area (Å²) in [5.74, 6) is -0.219. The Balaban J connectivity index is 2.10. The number of rotatable bonds is 5. The summed E-state index contributed by atoms with van der Waals surface area (Å²) >= 11 is 0. The molecule has 0 aliphatic carbocycles. The highest BCUT2D eigenvalue weighted by atomic mass is 19.1. The molecule has 1 aliphatic heterocycles. The van der Waals surface area contributed by atoms with E-state index >= 15 is 0 Å². The maximum atomic E-state index is 13.8. The van der Waals surface area contributed by atoms with Crippen molar-refractivity contribution in [3.63, 3.8) is 0 Å². The molecule has 1 aliphatic rings. The smallest absolute Gasteiger partial charge is 0.227 e. The molecule has 0 bridgehead atoms. The summed E-state index contributed by atoms with van der Waals surface area (Å²) in [4.78, 5) is 12.7. The van der Waals surface area contributed by atoms with Crippen molar-refractivity contribution in [1.29, 1.82) is 0 Å². The third kappa shape index (κ3) is 3.62. The van der Waals surface area contributed by atoms with Gasteiger partial charge in [-0.25, -0.2) is 4.39 Å². The van der Waals surface area contributed by atoms with Gasteiger partial charge in [0.05, 0.1) is 11.5 Å². The first-order valence-electron chi connectivity index (χ1n) is 7.85. The molecule has 0 saturated carbocycles. The zero-order valence-electron chi connectivity index (χ0n) is 12.9. The fourth-order valence-corrected chi connectivity index (χ4v) is 3.22. The van der Waals surface area contributed by atoms with Gasteiger partial charge in [-0.15, -0.1) is 0 Å². The monoisotopic (exact) mass is 292 g/mol. The van der Waals surface area contributed by atoms with E-state index in [1.807, 2.05) is 6.92 Å². The molecule has 1 amide bonds. The maximum absolute atomic E-state index is 13.8. The second kappa shape index (κ2) is 7.03. The van der Waals surface area contributed by atoms with Crippen LogP contribution in [-0.4, -0.2) is 19.0 Å². The van der Waals surface area contributed by atoms with E-state index in [1.54, 1.807) is 18.2 Å². The van der Waals surface area contributed by atoms with E-state index in [0.29, 0.717) is 5.56 Å². The van der Waals surface area contributed by atoms with E-state index in [1.165, 1.54) is 6.07 Å². The number of carbonyl (C=O) groups excluding carboxylic acids is 1. The summed E-state index contributed by atoms with van der Waals surface area (Å²) < 4.78 is 13.8. The third-order valence-electron chi connectivity index (χ3n) is 4.40. The molecule has 21 heavy (non-hydrogen) atoms. The fourth-order valence-electron chi connectivity index (χ4n) is 3.22. The number of nitrogens with one attached hydrogen (secondary N) is 2. The zero-order chi connectivity index (χ0) is 15.3. The number of carbonyl (C=O) groups is 1. The van der Waals surface area contributed by atoms with Gasteiger partial charge in [-0.05, 0) is 38.8 Å². The van der Waals surface area contributed by atoms with Crippen LogP contribution < -0.4 is 10.6 Å². The summed E-state index contributed by atoms with van der Waals surface area (Å²) in [5.41, 5.74) is 0.202. The van der Waals surface area contributed by atoms with Crippen molar-refractivity contribution >= 4 is 5.91 Å². The Bertz CT molecular complexity index is 478. The van der Waals surface area contributed by atoms with Crippen LogP contribution >= 0.6 is 0 Å². The van der Waals surface area contributed by atoms with E-state index in [9.17, 15) is 9.18 Å². The SMILES string of the molecule is CCCC1(C(=O)NC(C)c2ccccc2F)CCCNC1. The van der Waals surface area contributed by atoms with Gasteiger partial charge in [0.25, 0.3) is 0 Å². The highest BCUT2D eigenvalue weighted by Crippen LogP contribution is 2.32. The van der Waals surface area contributed by atoms with Crippen molar-refractivity contribution in [3.05, 3.63) is 35.6 Å². The molecule has 2 unspecified atom stereocenters. The van der Waals surface area contributed by atoms with Gasteiger partial charge in [0.15, 0.2) is 0 Å². The normalized spacial score (nSPS) is 23.6. The lowest BCUT2D eigenvalue weighted by Gasteiger charge is -2.37. The summed E-state index contributed by atoms with van der Waals surface area (Å²) in [6, 6.07) is 6.31. The Labute approximate surface area is 126 Å². The van der Waals surface area contributed by atoms with Gasteiger partial charge in [0, 0.05) is 12.1 Å². The van der Waals surface area contributed by atoms with Gasteiger partial charge in [-0.3, -0.25) is 4.79 Å². The zero-order valence-corrected chi connectivity index (χ0v) is 12.9. The first-order chi connectivity index (χ1) is 10.1. The van der Waals surface area contributed by atoms with Crippen LogP contribution in [0.4, 0.5) is 4.39 Å². The van der Waals surface area contributed by atoms with Crippen molar-refractivity contribution in [1.82, 2.24) is 10.6 Å². The third-order valence-corrected chi connectivity index (χ3v) is 4.40. The van der Waals surface area contributed by atoms with Crippen LogP contribution in [0.15, 0.2) is 24.3 Å². The highest BCUT2D eigenvalue weighted by molar-refractivity contribution is 5.83. The average molecular weight is 292 g/mol. The first-order valence-corrected chi connectivity index (χ1v) is 7.85. The van der Waals surface area contributed by atoms with Crippen molar-refractivity contribution in [2.45, 2.75) is 45.6 Å². The lowest BCUT2D eigenvalue weighted by Crippen LogP contribution is -2.51. The summed E-state index contributed by atoms with van der Waals surface area (Å²) in [6.45, 7) is 5.63. The lowest BCUT2D eigenvalue weighted by molar-refractivity contribution is -0.133. The van der Waals surface area contributed by atoms with Gasteiger partial charge in [-0.1, -0.05) is 31.5 Å². The topological polar surface area (TPSA) is 41.1 Å². The highest BCUT2D eigenvalue weighted by Gasteiger charge is 2.39. The minimum atomic E-state index is -0.341. The van der Waals surface area contributed by atoms with Crippen LogP contribution in [0.2, 0.25) is 0 Å². The van der Waals surface area contributed by atoms with E-state index in [-0.39, 0.29) is 23.2 Å². The second-order valence-electron chi connectivity index (χ2n) is 6.03. The molecule has 1 fully saturated rings. The molecule has 3 nitrogen and oxygen atoms in total. The number of benzene rings is 1. The molecule has 0 aromatic heterocycles. The quantitative estimate of drug-likeness (QED) is 0.875. The van der Waals surface area contributed by atoms with Crippen molar-refractivity contribution in [3.8, 4) is 0 Å². The minimum Gasteiger partial charge on any atom is -0.349 e. The van der Waals surface area contributed by atoms with Crippen LogP contribution in [0.1, 0.15) is 51.1 Å². The molecule has 1 heterocycles. The second-order valence-corrected chi connectivity index (χ2v) is 6.03. The number of hydrogen-bond donors (Lipinski definition) is 2. The summed E-state index contributed by atoms with van der Waals surface area (Å²) in [5, 5.41) is 6.34. The van der Waals surface area contributed by atoms with Crippen molar-refractivity contribution < 1.29 is 9.18 Å². The van der Waals surface area contributed by atoms with Gasteiger partial charge >= 0.3 is 0 Å². The number of hydrogen-bond acceptors (Lipinski definition) is 2. The lowest BCUT2D eigenvalue weighted by atomic mass is 9.76. The molecular weight excluding hydrogens is 267 g/mol. The number of amides is 1. The Morgan fingerprint density at radius 1 is 1.48 bits per heavy atom. The van der Waals surface area contributed by atoms with E-state index < -0.39 is 0 Å². The molecule has 4 heteroatoms. The molecule has 2 rings (SSSR count). The molecule has 1 aromatic carbocycles. The number of halogens is 1. The minimum absolute atomic E-state index is 0.0484. The molecule has 1 aromatic rings. The molecule has 1 saturated heterocycles. The molecule has 2 N–H and O–H groups in total. The van der Waals surface area contributed by atoms with Crippen LogP contribution in [0, 0.1) is 11.2 Å². The average Bonchev–Trinajstić information content (AvgIpc) is 2.48. The number of piperidine rings is 1. The van der Waals surface area contributed by atoms with E-state index in [0.717, 1.165) is 38.8 Å². The Kier molecular flexibility index (Phi) is 5.34. The van der Waals surface area contributed by atoms with Crippen molar-refractivity contribution in [2.75, 3.05) is 13.1 Å². The Morgan fingerprint density at radius 2 is 2.24 bits per heavy atom. The maximum Gasteiger partial charge on any atom is 0.227 e. The predicted molar refractivity (Wildman–Crippen MR) is 82.4 cm³/mol. The van der Waals surface area contributed by atoms with Crippen LogP contribution in [0.3, 0.4) is 0 Å². The largest absolute Gasteiger partial charge is 0.349 e. The first kappa shape index (κ1) is 16.0. The van der Waals surface area contributed by atoms with E-state index in [2.05, 4.69) is 17.6 Å². The summed E-state index contributed by atoms with van der Waals surface area (Å²) in [7, 11) is 0. The molecular formula is C17H25FN2O. The van der Waals surface area contributed by atoms with Crippen LogP contribution in [0.25, 0.3) is 0 Å². The molecule has 116 valence electrons. The van der Waals surface area contributed by atoms with Gasteiger partial charge in [0.1, 0.15) is 5.82 Å². The van der Waals surface area contributed by atoms with E-state index in [4.69, 9.17) is 0 Å². The predicted octanol–water partition coefficient (Wildman–Crippen LogP) is 3.17. The molecule has 0 spiro atoms. The van der Waals surface area contributed by atoms with Crippen LogP contribution in [-0.2, 0) is 4.79 Å². The fraction of sp³-hybridized carbons (Fsp3) is 0.588. The van der Waals surface area contributed by atoms with Gasteiger partial charge < -0.3 is 10.6 Å². The van der Waals surface area contributed by atoms with Crippen LogP contribution in [0.5, 0.6) is 0 Å². The Hall–Kier alpha value is -1.42. The molecule has 0 radical (unpaired) electrons. The summed E-state index contributed by atoms with van der Waals surface area (Å²) in [6.07, 6.45) is 3.77. The van der Waals surface area contributed by atoms with Gasteiger partial charge in [0.2, 0.25) is 5.91 Å². The van der Waals surface area contributed by atoms with Gasteiger partial charge in [-0.2, -0.15) is 0 Å². The molecule has 2 atom stereocenters. The standard InChI is InChI=1S/C17H25FN2O/c1-3-9-17(10-6-11-19-12-17)16(21)20-13(2)14-7-4-5-8-15(14)18/h4-5,7-8,13,19H,3,6,9-12H2,1-2H3,(H,20,21). The van der Waals surface area contributed by atoms with Crippen molar-refractivity contribution in [2.24, 2.45) is 5.41 Å².